The number of amides is 1. The summed E-state index contributed by atoms with van der Waals surface area (Å²) >= 11 is 0. The topological polar surface area (TPSA) is 110 Å². The average molecular weight is 268 g/mol. The number of hydrogen-bond donors (Lipinski definition) is 1. The molecule has 1 aromatic rings. The molecular formula is C11H12N2O6. The first kappa shape index (κ1) is 14.4. The molecule has 0 heterocycles. The van der Waals surface area contributed by atoms with Gasteiger partial charge in [0, 0.05) is 26.2 Å². The molecule has 0 aliphatic rings. The molecule has 1 N–H and O–H groups in total. The van der Waals surface area contributed by atoms with E-state index >= 15 is 0 Å². The molecule has 8 nitrogen and oxygen atoms in total. The highest BCUT2D eigenvalue weighted by atomic mass is 16.6. The number of ether oxygens (including phenoxy) is 1. The summed E-state index contributed by atoms with van der Waals surface area (Å²) in [7, 11) is 3.09. The van der Waals surface area contributed by atoms with Crippen molar-refractivity contribution >= 4 is 17.6 Å². The third-order valence-corrected chi connectivity index (χ3v) is 2.26. The Morgan fingerprint density at radius 2 is 2.05 bits per heavy atom. The van der Waals surface area contributed by atoms with Crippen LogP contribution in [0, 0.1) is 10.1 Å². The van der Waals surface area contributed by atoms with Crippen LogP contribution in [0.2, 0.25) is 0 Å². The third kappa shape index (κ3) is 3.66. The van der Waals surface area contributed by atoms with E-state index in [0.717, 1.165) is 12.1 Å². The Morgan fingerprint density at radius 1 is 1.42 bits per heavy atom. The van der Waals surface area contributed by atoms with Crippen molar-refractivity contribution in [2.45, 2.75) is 0 Å². The fourth-order valence-electron chi connectivity index (χ4n) is 1.21. The largest absolute Gasteiger partial charge is 0.484 e. The summed E-state index contributed by atoms with van der Waals surface area (Å²) in [5.74, 6) is -1.66. The summed E-state index contributed by atoms with van der Waals surface area (Å²) in [6.07, 6.45) is 0. The van der Waals surface area contributed by atoms with Crippen molar-refractivity contribution in [3.8, 4) is 5.75 Å². The number of benzene rings is 1. The minimum atomic E-state index is -1.43. The first-order valence-corrected chi connectivity index (χ1v) is 5.17. The molecule has 0 saturated carbocycles. The molecule has 0 radical (unpaired) electrons. The number of carboxylic acid groups (broad SMARTS) is 1. The first-order chi connectivity index (χ1) is 8.82. The Hall–Kier alpha value is -2.64. The lowest BCUT2D eigenvalue weighted by Crippen LogP contribution is -2.27. The third-order valence-electron chi connectivity index (χ3n) is 2.26. The van der Waals surface area contributed by atoms with Gasteiger partial charge in [0.15, 0.2) is 6.61 Å². The van der Waals surface area contributed by atoms with Crippen molar-refractivity contribution in [3.05, 3.63) is 33.9 Å². The van der Waals surface area contributed by atoms with Gasteiger partial charge in [0.25, 0.3) is 11.6 Å². The lowest BCUT2D eigenvalue weighted by Gasteiger charge is -2.11. The summed E-state index contributed by atoms with van der Waals surface area (Å²) < 4.78 is 5.08. The van der Waals surface area contributed by atoms with Crippen LogP contribution in [0.5, 0.6) is 5.75 Å². The molecular weight excluding hydrogens is 256 g/mol. The van der Waals surface area contributed by atoms with Crippen LogP contribution in [-0.2, 0) is 4.79 Å². The second-order valence-corrected chi connectivity index (χ2v) is 3.82. The van der Waals surface area contributed by atoms with Crippen molar-refractivity contribution in [1.82, 2.24) is 4.90 Å². The van der Waals surface area contributed by atoms with E-state index in [9.17, 15) is 19.7 Å². The van der Waals surface area contributed by atoms with Crippen LogP contribution in [0.4, 0.5) is 5.69 Å². The van der Waals surface area contributed by atoms with E-state index in [2.05, 4.69) is 0 Å². The maximum Gasteiger partial charge on any atom is 0.342 e. The summed E-state index contributed by atoms with van der Waals surface area (Å²) in [6.45, 7) is -0.274. The molecule has 0 aromatic heterocycles. The zero-order valence-corrected chi connectivity index (χ0v) is 10.3. The Kier molecular flexibility index (Phi) is 4.41. The maximum absolute atomic E-state index is 11.3. The molecule has 0 saturated heterocycles. The standard InChI is InChI=1S/C11H12N2O6/c1-12(2)10(14)6-19-7-3-4-9(13(17)18)8(5-7)11(15)16/h3-5H,6H2,1-2H3,(H,15,16). The van der Waals surface area contributed by atoms with Gasteiger partial charge in [-0.15, -0.1) is 0 Å². The van der Waals surface area contributed by atoms with Gasteiger partial charge in [-0.25, -0.2) is 4.79 Å². The molecule has 0 unspecified atom stereocenters. The number of likely N-dealkylation sites (N-methyl/N-ethyl adjacent to an activating group) is 1. The highest BCUT2D eigenvalue weighted by Gasteiger charge is 2.20. The van der Waals surface area contributed by atoms with Crippen LogP contribution in [0.1, 0.15) is 10.4 Å². The Labute approximate surface area is 108 Å². The quantitative estimate of drug-likeness (QED) is 0.623. The van der Waals surface area contributed by atoms with Crippen molar-refractivity contribution in [1.29, 1.82) is 0 Å². The number of nitro benzene ring substituents is 1. The van der Waals surface area contributed by atoms with E-state index in [-0.39, 0.29) is 18.3 Å². The number of nitrogens with zero attached hydrogens (tertiary/aromatic N) is 2. The fourth-order valence-corrected chi connectivity index (χ4v) is 1.21. The molecule has 102 valence electrons. The number of aromatic carboxylic acids is 1. The summed E-state index contributed by atoms with van der Waals surface area (Å²) in [4.78, 5) is 33.3. The first-order valence-electron chi connectivity index (χ1n) is 5.17. The van der Waals surface area contributed by atoms with E-state index in [0.29, 0.717) is 0 Å². The predicted molar refractivity (Wildman–Crippen MR) is 64.2 cm³/mol. The van der Waals surface area contributed by atoms with Gasteiger partial charge in [-0.05, 0) is 6.07 Å². The van der Waals surface area contributed by atoms with E-state index in [1.807, 2.05) is 0 Å². The molecule has 8 heteroatoms. The van der Waals surface area contributed by atoms with Crippen LogP contribution in [0.15, 0.2) is 18.2 Å². The van der Waals surface area contributed by atoms with Crippen LogP contribution in [0.3, 0.4) is 0 Å². The molecule has 19 heavy (non-hydrogen) atoms. The fraction of sp³-hybridized carbons (Fsp3) is 0.273. The number of rotatable bonds is 5. The second-order valence-electron chi connectivity index (χ2n) is 3.82. The van der Waals surface area contributed by atoms with Crippen molar-refractivity contribution in [2.24, 2.45) is 0 Å². The predicted octanol–water partition coefficient (Wildman–Crippen LogP) is 0.760. The molecule has 0 fully saturated rings. The summed E-state index contributed by atoms with van der Waals surface area (Å²) in [5, 5.41) is 19.5. The zero-order chi connectivity index (χ0) is 14.6. The van der Waals surface area contributed by atoms with E-state index in [1.165, 1.54) is 11.0 Å². The minimum Gasteiger partial charge on any atom is -0.484 e. The highest BCUT2D eigenvalue weighted by molar-refractivity contribution is 5.92. The summed E-state index contributed by atoms with van der Waals surface area (Å²) in [6, 6.07) is 3.29. The van der Waals surface area contributed by atoms with Gasteiger partial charge >= 0.3 is 5.97 Å². The lowest BCUT2D eigenvalue weighted by atomic mass is 10.1. The monoisotopic (exact) mass is 268 g/mol. The highest BCUT2D eigenvalue weighted by Crippen LogP contribution is 2.24. The molecule has 0 spiro atoms. The molecule has 0 atom stereocenters. The Morgan fingerprint density at radius 3 is 2.53 bits per heavy atom. The van der Waals surface area contributed by atoms with E-state index in [1.54, 1.807) is 14.1 Å². The molecule has 1 aromatic carbocycles. The maximum atomic E-state index is 11.3. The minimum absolute atomic E-state index is 0.0817. The van der Waals surface area contributed by atoms with Gasteiger partial charge < -0.3 is 14.7 Å². The van der Waals surface area contributed by atoms with Crippen molar-refractivity contribution < 1.29 is 24.4 Å². The van der Waals surface area contributed by atoms with Gasteiger partial charge in [0.2, 0.25) is 0 Å². The number of carbonyl (C=O) groups excluding carboxylic acids is 1. The van der Waals surface area contributed by atoms with Gasteiger partial charge in [-0.1, -0.05) is 0 Å². The molecule has 0 bridgehead atoms. The summed E-state index contributed by atoms with van der Waals surface area (Å²) in [5.41, 5.74) is -1.02. The normalized spacial score (nSPS) is 9.79. The molecule has 0 aliphatic heterocycles. The number of carboxylic acids is 1. The van der Waals surface area contributed by atoms with E-state index < -0.39 is 22.1 Å². The number of carbonyl (C=O) groups is 2. The zero-order valence-electron chi connectivity index (χ0n) is 10.3. The van der Waals surface area contributed by atoms with Crippen LogP contribution >= 0.6 is 0 Å². The SMILES string of the molecule is CN(C)C(=O)COc1ccc([N+](=O)[O-])c(C(=O)O)c1. The Bertz CT molecular complexity index is 526. The van der Waals surface area contributed by atoms with Gasteiger partial charge in [0.1, 0.15) is 11.3 Å². The number of hydrogen-bond acceptors (Lipinski definition) is 5. The van der Waals surface area contributed by atoms with Gasteiger partial charge in [0.05, 0.1) is 4.92 Å². The van der Waals surface area contributed by atoms with Gasteiger partial charge in [-0.3, -0.25) is 14.9 Å². The molecule has 0 aliphatic carbocycles. The number of nitro groups is 1. The Balaban J connectivity index is 2.93. The second kappa shape index (κ2) is 5.80. The molecule has 1 amide bonds. The average Bonchev–Trinajstić information content (AvgIpc) is 2.35. The van der Waals surface area contributed by atoms with E-state index in [4.69, 9.17) is 9.84 Å². The smallest absolute Gasteiger partial charge is 0.342 e. The molecule has 1 rings (SSSR count). The van der Waals surface area contributed by atoms with Crippen molar-refractivity contribution in [2.75, 3.05) is 20.7 Å². The van der Waals surface area contributed by atoms with Gasteiger partial charge in [-0.2, -0.15) is 0 Å². The van der Waals surface area contributed by atoms with Crippen LogP contribution in [-0.4, -0.2) is 47.5 Å². The van der Waals surface area contributed by atoms with Crippen LogP contribution in [0.25, 0.3) is 0 Å². The lowest BCUT2D eigenvalue weighted by molar-refractivity contribution is -0.385. The van der Waals surface area contributed by atoms with Crippen LogP contribution < -0.4 is 4.74 Å². The van der Waals surface area contributed by atoms with Crippen molar-refractivity contribution in [3.63, 3.8) is 0 Å².